The fraction of sp³-hybridized carbons (Fsp3) is 0.571. The highest BCUT2D eigenvalue weighted by Crippen LogP contribution is 2.17. The van der Waals surface area contributed by atoms with Crippen molar-refractivity contribution in [2.75, 3.05) is 6.54 Å². The van der Waals surface area contributed by atoms with E-state index in [9.17, 15) is 13.9 Å². The first-order valence-electron chi connectivity index (χ1n) is 6.41. The topological polar surface area (TPSA) is 32.3 Å². The van der Waals surface area contributed by atoms with Crippen LogP contribution in [0.5, 0.6) is 0 Å². The Bertz CT molecular complexity index is 371. The van der Waals surface area contributed by atoms with E-state index in [1.807, 2.05) is 6.92 Å². The average Bonchev–Trinajstić information content (AvgIpc) is 2.33. The van der Waals surface area contributed by atoms with Gasteiger partial charge in [-0.1, -0.05) is 25.8 Å². The van der Waals surface area contributed by atoms with Gasteiger partial charge in [-0.2, -0.15) is 0 Å². The van der Waals surface area contributed by atoms with Crippen LogP contribution in [0.2, 0.25) is 0 Å². The maximum absolute atomic E-state index is 13.4. The first kappa shape index (κ1) is 15.1. The van der Waals surface area contributed by atoms with Crippen molar-refractivity contribution >= 4 is 0 Å². The Balaban J connectivity index is 2.47. The van der Waals surface area contributed by atoms with Crippen LogP contribution in [0, 0.1) is 11.6 Å². The Kier molecular flexibility index (Phi) is 6.22. The molecule has 1 rings (SSSR count). The number of aliphatic hydroxyl groups excluding tert-OH is 1. The van der Waals surface area contributed by atoms with Gasteiger partial charge < -0.3 is 10.4 Å². The highest BCUT2D eigenvalue weighted by atomic mass is 19.1. The number of unbranched alkanes of at least 4 members (excludes halogenated alkanes) is 1. The van der Waals surface area contributed by atoms with Crippen LogP contribution < -0.4 is 5.32 Å². The number of nitrogens with one attached hydrogen (secondary N) is 1. The van der Waals surface area contributed by atoms with Crippen LogP contribution in [0.1, 0.15) is 44.8 Å². The molecule has 0 heterocycles. The van der Waals surface area contributed by atoms with E-state index in [0.29, 0.717) is 0 Å². The Labute approximate surface area is 107 Å². The summed E-state index contributed by atoms with van der Waals surface area (Å²) in [6.45, 7) is 4.42. The van der Waals surface area contributed by atoms with E-state index in [4.69, 9.17) is 0 Å². The first-order chi connectivity index (χ1) is 8.54. The van der Waals surface area contributed by atoms with E-state index < -0.39 is 17.7 Å². The predicted octanol–water partition coefficient (Wildman–Crippen LogP) is 3.17. The van der Waals surface area contributed by atoms with Gasteiger partial charge in [-0.05, 0) is 19.4 Å². The van der Waals surface area contributed by atoms with Crippen molar-refractivity contribution in [1.82, 2.24) is 5.32 Å². The van der Waals surface area contributed by atoms with E-state index in [2.05, 4.69) is 12.2 Å². The first-order valence-corrected chi connectivity index (χ1v) is 6.41. The average molecular weight is 257 g/mol. The summed E-state index contributed by atoms with van der Waals surface area (Å²) in [4.78, 5) is 0. The zero-order chi connectivity index (χ0) is 13.5. The summed E-state index contributed by atoms with van der Waals surface area (Å²) in [7, 11) is 0. The van der Waals surface area contributed by atoms with Crippen LogP contribution >= 0.6 is 0 Å². The summed E-state index contributed by atoms with van der Waals surface area (Å²) in [5.74, 6) is -1.33. The second-order valence-electron chi connectivity index (χ2n) is 4.63. The minimum atomic E-state index is -0.949. The molecule has 2 N–H and O–H groups in total. The summed E-state index contributed by atoms with van der Waals surface area (Å²) < 4.78 is 26.1. The molecule has 0 radical (unpaired) electrons. The third kappa shape index (κ3) is 4.70. The predicted molar refractivity (Wildman–Crippen MR) is 68.3 cm³/mol. The summed E-state index contributed by atoms with van der Waals surface area (Å²) >= 11 is 0. The second-order valence-corrected chi connectivity index (χ2v) is 4.63. The van der Waals surface area contributed by atoms with Crippen molar-refractivity contribution < 1.29 is 13.9 Å². The standard InChI is InChI=1S/C14H21F2NO/c1-3-4-5-10(2)17-9-14(18)12-7-6-11(15)8-13(12)16/h6-8,10,14,17-18H,3-5,9H2,1-2H3. The molecule has 0 bridgehead atoms. The monoisotopic (exact) mass is 257 g/mol. The van der Waals surface area contributed by atoms with Crippen molar-refractivity contribution in [3.8, 4) is 0 Å². The van der Waals surface area contributed by atoms with Gasteiger partial charge in [0.2, 0.25) is 0 Å². The zero-order valence-corrected chi connectivity index (χ0v) is 10.9. The molecule has 1 aromatic carbocycles. The lowest BCUT2D eigenvalue weighted by atomic mass is 10.1. The van der Waals surface area contributed by atoms with E-state index in [0.717, 1.165) is 31.4 Å². The maximum Gasteiger partial charge on any atom is 0.131 e. The van der Waals surface area contributed by atoms with E-state index in [1.165, 1.54) is 6.07 Å². The molecule has 0 saturated carbocycles. The Morgan fingerprint density at radius 2 is 2.06 bits per heavy atom. The zero-order valence-electron chi connectivity index (χ0n) is 10.9. The lowest BCUT2D eigenvalue weighted by molar-refractivity contribution is 0.165. The van der Waals surface area contributed by atoms with Crippen molar-refractivity contribution in [1.29, 1.82) is 0 Å². The van der Waals surface area contributed by atoms with Crippen LogP contribution in [-0.4, -0.2) is 17.7 Å². The minimum Gasteiger partial charge on any atom is -0.387 e. The van der Waals surface area contributed by atoms with Crippen LogP contribution in [0.15, 0.2) is 18.2 Å². The molecule has 2 nitrogen and oxygen atoms in total. The molecular formula is C14H21F2NO. The van der Waals surface area contributed by atoms with Crippen molar-refractivity contribution in [3.63, 3.8) is 0 Å². The van der Waals surface area contributed by atoms with Gasteiger partial charge in [0.05, 0.1) is 6.10 Å². The fourth-order valence-electron chi connectivity index (χ4n) is 1.81. The van der Waals surface area contributed by atoms with Gasteiger partial charge in [0.15, 0.2) is 0 Å². The molecule has 18 heavy (non-hydrogen) atoms. The highest BCUT2D eigenvalue weighted by Gasteiger charge is 2.14. The van der Waals surface area contributed by atoms with Crippen molar-refractivity contribution in [3.05, 3.63) is 35.4 Å². The Hall–Kier alpha value is -1.00. The number of halogens is 2. The molecule has 0 aliphatic rings. The molecule has 0 fully saturated rings. The third-order valence-electron chi connectivity index (χ3n) is 2.97. The molecule has 0 aliphatic carbocycles. The molecule has 4 heteroatoms. The number of rotatable bonds is 7. The summed E-state index contributed by atoms with van der Waals surface area (Å²) in [6, 6.07) is 3.51. The third-order valence-corrected chi connectivity index (χ3v) is 2.97. The van der Waals surface area contributed by atoms with Gasteiger partial charge in [0.25, 0.3) is 0 Å². The van der Waals surface area contributed by atoms with E-state index >= 15 is 0 Å². The normalized spacial score (nSPS) is 14.5. The molecule has 0 aromatic heterocycles. The number of hydrogen-bond donors (Lipinski definition) is 2. The van der Waals surface area contributed by atoms with Crippen LogP contribution in [0.3, 0.4) is 0 Å². The molecule has 0 amide bonds. The van der Waals surface area contributed by atoms with Gasteiger partial charge in [0.1, 0.15) is 11.6 Å². The largest absolute Gasteiger partial charge is 0.387 e. The molecule has 0 spiro atoms. The smallest absolute Gasteiger partial charge is 0.131 e. The lowest BCUT2D eigenvalue weighted by Crippen LogP contribution is -2.30. The van der Waals surface area contributed by atoms with E-state index in [1.54, 1.807) is 0 Å². The highest BCUT2D eigenvalue weighted by molar-refractivity contribution is 5.21. The van der Waals surface area contributed by atoms with Gasteiger partial charge >= 0.3 is 0 Å². The maximum atomic E-state index is 13.4. The molecule has 0 aliphatic heterocycles. The number of benzene rings is 1. The molecule has 2 unspecified atom stereocenters. The number of aliphatic hydroxyl groups is 1. The molecular weight excluding hydrogens is 236 g/mol. The fourth-order valence-corrected chi connectivity index (χ4v) is 1.81. The molecule has 2 atom stereocenters. The molecule has 102 valence electrons. The molecule has 0 saturated heterocycles. The summed E-state index contributed by atoms with van der Waals surface area (Å²) in [6.07, 6.45) is 2.32. The van der Waals surface area contributed by atoms with E-state index in [-0.39, 0.29) is 18.2 Å². The lowest BCUT2D eigenvalue weighted by Gasteiger charge is -2.17. The number of hydrogen-bond acceptors (Lipinski definition) is 2. The minimum absolute atomic E-state index is 0.131. The van der Waals surface area contributed by atoms with Crippen LogP contribution in [-0.2, 0) is 0 Å². The van der Waals surface area contributed by atoms with Crippen molar-refractivity contribution in [2.45, 2.75) is 45.3 Å². The van der Waals surface area contributed by atoms with Gasteiger partial charge in [-0.25, -0.2) is 8.78 Å². The summed E-state index contributed by atoms with van der Waals surface area (Å²) in [5.41, 5.74) is 0.131. The second kappa shape index (κ2) is 7.44. The SMILES string of the molecule is CCCCC(C)NCC(O)c1ccc(F)cc1F. The Morgan fingerprint density at radius 1 is 1.33 bits per heavy atom. The Morgan fingerprint density at radius 3 is 2.67 bits per heavy atom. The van der Waals surface area contributed by atoms with Crippen molar-refractivity contribution in [2.24, 2.45) is 0 Å². The summed E-state index contributed by atoms with van der Waals surface area (Å²) in [5, 5.41) is 13.0. The van der Waals surface area contributed by atoms with Gasteiger partial charge in [-0.3, -0.25) is 0 Å². The van der Waals surface area contributed by atoms with Gasteiger partial charge in [-0.15, -0.1) is 0 Å². The quantitative estimate of drug-likeness (QED) is 0.786. The van der Waals surface area contributed by atoms with Gasteiger partial charge in [0, 0.05) is 24.2 Å². The van der Waals surface area contributed by atoms with Crippen LogP contribution in [0.25, 0.3) is 0 Å². The molecule has 1 aromatic rings. The van der Waals surface area contributed by atoms with Crippen LogP contribution in [0.4, 0.5) is 8.78 Å².